The quantitative estimate of drug-likeness (QED) is 0.167. The number of rotatable bonds is 6. The highest BCUT2D eigenvalue weighted by Gasteiger charge is 2.22. The Labute approximate surface area is 395 Å². The van der Waals surface area contributed by atoms with Gasteiger partial charge in [0.05, 0.1) is 55.0 Å². The second-order valence-electron chi connectivity index (χ2n) is 14.2. The molecular weight excluding hydrogens is 771 g/mol. The van der Waals surface area contributed by atoms with E-state index in [0.29, 0.717) is 22.3 Å². The second-order valence-corrected chi connectivity index (χ2v) is 14.2. The van der Waals surface area contributed by atoms with Crippen molar-refractivity contribution >= 4 is 65.6 Å². The van der Waals surface area contributed by atoms with Gasteiger partial charge in [-0.05, 0) is 81.8 Å². The third-order valence-electron chi connectivity index (χ3n) is 10.7. The fourth-order valence-corrected chi connectivity index (χ4v) is 7.85. The van der Waals surface area contributed by atoms with Crippen LogP contribution in [-0.2, 0) is 0 Å². The first-order valence-corrected chi connectivity index (χ1v) is 19.2. The maximum absolute atomic E-state index is 9.99. The molecule has 0 fully saturated rings. The van der Waals surface area contributed by atoms with Crippen molar-refractivity contribution in [1.82, 2.24) is 24.1 Å². The van der Waals surface area contributed by atoms with Gasteiger partial charge < -0.3 is 4.42 Å². The minimum absolute atomic E-state index is 0.147. The minimum Gasteiger partial charge on any atom is -0.456 e. The number of furan rings is 1. The summed E-state index contributed by atoms with van der Waals surface area (Å²) in [5.74, 6) is -1.72. The molecule has 0 N–H and O–H groups in total. The van der Waals surface area contributed by atoms with E-state index in [1.807, 2.05) is 36.4 Å². The monoisotopic (exact) mass is 829 g/mol. The van der Waals surface area contributed by atoms with E-state index in [-0.39, 0.29) is 11.4 Å². The first kappa shape index (κ1) is 19.0. The Morgan fingerprint density at radius 3 is 1.51 bits per heavy atom. The van der Waals surface area contributed by atoms with Crippen LogP contribution < -0.4 is 0 Å². The zero-order chi connectivity index (χ0) is 62.3. The van der Waals surface area contributed by atoms with Gasteiger partial charge in [-0.1, -0.05) is 163 Å². The molecule has 4 heterocycles. The molecule has 0 aliphatic carbocycles. The van der Waals surface area contributed by atoms with Crippen molar-refractivity contribution in [3.8, 4) is 56.7 Å². The average Bonchev–Trinajstić information content (AvgIpc) is 1.58. The van der Waals surface area contributed by atoms with Crippen molar-refractivity contribution < 1.29 is 37.3 Å². The van der Waals surface area contributed by atoms with Crippen molar-refractivity contribution in [2.45, 2.75) is 0 Å². The van der Waals surface area contributed by atoms with Gasteiger partial charge in [-0.3, -0.25) is 9.13 Å². The highest BCUT2D eigenvalue weighted by molar-refractivity contribution is 6.11. The van der Waals surface area contributed by atoms with Crippen LogP contribution in [0, 0.1) is 0 Å². The topological polar surface area (TPSA) is 61.7 Å². The van der Waals surface area contributed by atoms with E-state index in [1.165, 1.54) is 0 Å². The van der Waals surface area contributed by atoms with Gasteiger partial charge in [0.2, 0.25) is 11.9 Å². The van der Waals surface area contributed by atoms with Crippen molar-refractivity contribution in [3.05, 3.63) is 212 Å². The summed E-state index contributed by atoms with van der Waals surface area (Å²) < 4.78 is 225. The van der Waals surface area contributed by atoms with Gasteiger partial charge in [-0.25, -0.2) is 0 Å². The fourth-order valence-electron chi connectivity index (χ4n) is 7.85. The molecule has 13 aromatic rings. The standard InChI is InChI=1S/C57H35N5O/c1-3-14-36(15-4-1)39-26-29-45-43-20-7-10-23-49(43)61(51(45)33-39)56-58-55(42-19-13-18-38(32-42)41-28-31-48-47-22-9-12-25-53(47)63-54(48)35-41)59-57(60-56)62-50-24-11-8-21-44(50)46-30-27-40(34-52(46)62)37-16-5-2-6-17-37/h1-35H/i1D,2D,3D,4D,5D,6D,7D,8D,10D,11D,14D,15D,16D,17D,20D,21D,23D,24D,26D,27D,29D,30D,33D,34D. The van der Waals surface area contributed by atoms with Gasteiger partial charge in [-0.2, -0.15) is 15.0 Å². The Bertz CT molecular complexity index is 5060. The van der Waals surface area contributed by atoms with Gasteiger partial charge in [0.15, 0.2) is 5.82 Å². The van der Waals surface area contributed by atoms with E-state index >= 15 is 0 Å². The van der Waals surface area contributed by atoms with E-state index in [2.05, 4.69) is 0 Å². The summed E-state index contributed by atoms with van der Waals surface area (Å²) in [5, 5.41) is -0.167. The first-order valence-electron chi connectivity index (χ1n) is 31.2. The maximum Gasteiger partial charge on any atom is 0.240 e. The lowest BCUT2D eigenvalue weighted by molar-refractivity contribution is 0.669. The lowest BCUT2D eigenvalue weighted by atomic mass is 10.0. The molecule has 0 bridgehead atoms. The van der Waals surface area contributed by atoms with Crippen LogP contribution in [0.25, 0.3) is 122 Å². The predicted octanol–water partition coefficient (Wildman–Crippen LogP) is 14.6. The lowest BCUT2D eigenvalue weighted by Gasteiger charge is -2.14. The van der Waals surface area contributed by atoms with Crippen LogP contribution in [0.15, 0.2) is 216 Å². The van der Waals surface area contributed by atoms with Crippen LogP contribution in [-0.4, -0.2) is 24.1 Å². The summed E-state index contributed by atoms with van der Waals surface area (Å²) in [5.41, 5.74) is -2.45. The lowest BCUT2D eigenvalue weighted by Crippen LogP contribution is -2.10. The van der Waals surface area contributed by atoms with Crippen LogP contribution in [0.2, 0.25) is 0 Å². The van der Waals surface area contributed by atoms with E-state index in [4.69, 9.17) is 38.6 Å². The van der Waals surface area contributed by atoms with Crippen molar-refractivity contribution in [2.75, 3.05) is 0 Å². The van der Waals surface area contributed by atoms with Gasteiger partial charge in [-0.15, -0.1) is 0 Å². The second kappa shape index (κ2) is 14.0. The minimum atomic E-state index is -0.871. The molecule has 0 aliphatic rings. The van der Waals surface area contributed by atoms with Crippen molar-refractivity contribution in [2.24, 2.45) is 0 Å². The normalized spacial score (nSPS) is 17.1. The number of nitrogens with zero attached hydrogens (tertiary/aromatic N) is 5. The third kappa shape index (κ3) is 5.69. The van der Waals surface area contributed by atoms with E-state index in [9.17, 15) is 13.7 Å². The number of aromatic nitrogens is 5. The Balaban J connectivity index is 1.23. The van der Waals surface area contributed by atoms with Crippen molar-refractivity contribution in [3.63, 3.8) is 0 Å². The third-order valence-corrected chi connectivity index (χ3v) is 10.7. The molecule has 6 nitrogen and oxygen atoms in total. The molecule has 9 aromatic carbocycles. The van der Waals surface area contributed by atoms with Crippen LogP contribution in [0.3, 0.4) is 0 Å². The summed E-state index contributed by atoms with van der Waals surface area (Å²) >= 11 is 0. The molecule has 0 spiro atoms. The molecule has 6 heteroatoms. The predicted molar refractivity (Wildman–Crippen MR) is 258 cm³/mol. The highest BCUT2D eigenvalue weighted by Crippen LogP contribution is 2.38. The van der Waals surface area contributed by atoms with E-state index < -0.39 is 223 Å². The molecule has 0 aliphatic heterocycles. The molecule has 0 saturated carbocycles. The van der Waals surface area contributed by atoms with Crippen LogP contribution >= 0.6 is 0 Å². The molecular formula is C57H35N5O. The molecule has 0 amide bonds. The number of fused-ring (bicyclic) bond motifs is 9. The van der Waals surface area contributed by atoms with Gasteiger partial charge in [0, 0.05) is 37.9 Å². The Morgan fingerprint density at radius 2 is 0.873 bits per heavy atom. The number of benzene rings is 9. The Morgan fingerprint density at radius 1 is 0.349 bits per heavy atom. The molecule has 4 aromatic heterocycles. The Kier molecular flexibility index (Phi) is 4.21. The average molecular weight is 830 g/mol. The number of para-hydroxylation sites is 3. The largest absolute Gasteiger partial charge is 0.456 e. The zero-order valence-corrected chi connectivity index (χ0v) is 32.0. The molecule has 294 valence electrons. The fraction of sp³-hybridized carbons (Fsp3) is 0. The van der Waals surface area contributed by atoms with Gasteiger partial charge in [0.25, 0.3) is 0 Å². The zero-order valence-electron chi connectivity index (χ0n) is 56.0. The van der Waals surface area contributed by atoms with E-state index in [0.717, 1.165) is 19.9 Å². The van der Waals surface area contributed by atoms with Crippen LogP contribution in [0.1, 0.15) is 32.9 Å². The number of hydrogen-bond donors (Lipinski definition) is 0. The van der Waals surface area contributed by atoms with Crippen LogP contribution in [0.4, 0.5) is 0 Å². The summed E-state index contributed by atoms with van der Waals surface area (Å²) in [4.78, 5) is 14.6. The molecule has 0 atom stereocenters. The van der Waals surface area contributed by atoms with Gasteiger partial charge >= 0.3 is 0 Å². The molecule has 13 rings (SSSR count). The summed E-state index contributed by atoms with van der Waals surface area (Å²) in [6.07, 6.45) is 0. The highest BCUT2D eigenvalue weighted by atomic mass is 16.3. The smallest absolute Gasteiger partial charge is 0.240 e. The maximum atomic E-state index is 9.99. The first-order chi connectivity index (χ1) is 41.2. The van der Waals surface area contributed by atoms with Gasteiger partial charge in [0.1, 0.15) is 11.2 Å². The summed E-state index contributed by atoms with van der Waals surface area (Å²) in [7, 11) is 0. The molecule has 0 radical (unpaired) electrons. The number of hydrogen-bond acceptors (Lipinski definition) is 4. The summed E-state index contributed by atoms with van der Waals surface area (Å²) in [6, 6.07) is -0.565. The van der Waals surface area contributed by atoms with Crippen LogP contribution in [0.5, 0.6) is 0 Å². The van der Waals surface area contributed by atoms with E-state index in [1.54, 1.807) is 30.3 Å². The molecule has 0 saturated heterocycles. The molecule has 0 unspecified atom stereocenters. The summed E-state index contributed by atoms with van der Waals surface area (Å²) in [6.45, 7) is 0. The molecule has 63 heavy (non-hydrogen) atoms. The van der Waals surface area contributed by atoms with Crippen molar-refractivity contribution in [1.29, 1.82) is 0 Å². The SMILES string of the molecule is [2H]c1c([2H])c([2H])c(-c2c([2H])c([2H])c3c4c([2H])c([2H])c([2H])c([2H])c4n(-c4nc(-c5cccc(-c6ccc7c(c6)oc6ccccc67)c5)nc(-n5c6c([2H])c([2H])c([2H])c([2H])c6c6c([2H])c([2H])c(-c7c([2H])c([2H])c([2H])c([2H])c7[2H])c([2H])c65)n4)c3c2[2H])c([2H])c1[2H]. The Hall–Kier alpha value is -8.61.